The summed E-state index contributed by atoms with van der Waals surface area (Å²) in [5.41, 5.74) is 4.72. The summed E-state index contributed by atoms with van der Waals surface area (Å²) in [6.07, 6.45) is 5.65. The Kier molecular flexibility index (Phi) is 10.5. The zero-order valence-corrected chi connectivity index (χ0v) is 24.3. The van der Waals surface area contributed by atoms with Gasteiger partial charge in [-0.15, -0.1) is 0 Å². The van der Waals surface area contributed by atoms with Crippen molar-refractivity contribution in [3.8, 4) is 5.75 Å². The van der Waals surface area contributed by atoms with E-state index in [0.717, 1.165) is 76.5 Å². The highest BCUT2D eigenvalue weighted by Crippen LogP contribution is 2.39. The smallest absolute Gasteiger partial charge is 0.253 e. The molecular formula is C31H44ClN3O3. The van der Waals surface area contributed by atoms with Crippen LogP contribution in [-0.4, -0.2) is 86.7 Å². The molecular weight excluding hydrogens is 498 g/mol. The minimum Gasteiger partial charge on any atom is -0.493 e. The van der Waals surface area contributed by atoms with Crippen molar-refractivity contribution in [3.05, 3.63) is 63.7 Å². The molecule has 1 amide bonds. The van der Waals surface area contributed by atoms with Crippen LogP contribution in [0.5, 0.6) is 5.75 Å². The number of hydrogen-bond acceptors (Lipinski definition) is 5. The standard InChI is InChI=1S/C31H44ClN3O3/c1-23-24(2)30(38-20-6-5-16-33(3)19-21-37-4)15-14-28(23)29-9-7-8-27-22-34(17-18-35(27)29)31(36)25-10-12-26(32)13-11-25/h10-15,27,29H,5-9,16-22H2,1-4H3/t27-,29?/m0/s1. The number of ether oxygens (including phenoxy) is 2. The van der Waals surface area contributed by atoms with Gasteiger partial charge in [-0.05, 0) is 107 Å². The Balaban J connectivity index is 1.33. The van der Waals surface area contributed by atoms with Gasteiger partial charge < -0.3 is 19.3 Å². The summed E-state index contributed by atoms with van der Waals surface area (Å²) in [7, 11) is 3.88. The maximum atomic E-state index is 13.1. The van der Waals surface area contributed by atoms with Crippen LogP contribution >= 0.6 is 11.6 Å². The first-order valence-electron chi connectivity index (χ1n) is 14.1. The first-order valence-corrected chi connectivity index (χ1v) is 14.5. The summed E-state index contributed by atoms with van der Waals surface area (Å²) < 4.78 is 11.4. The van der Waals surface area contributed by atoms with Crippen molar-refractivity contribution >= 4 is 17.5 Å². The van der Waals surface area contributed by atoms with E-state index in [-0.39, 0.29) is 5.91 Å². The summed E-state index contributed by atoms with van der Waals surface area (Å²) in [5.74, 6) is 1.11. The van der Waals surface area contributed by atoms with Crippen LogP contribution in [0, 0.1) is 13.8 Å². The molecule has 7 heteroatoms. The van der Waals surface area contributed by atoms with Gasteiger partial charge in [-0.1, -0.05) is 17.7 Å². The van der Waals surface area contributed by atoms with Crippen LogP contribution in [0.25, 0.3) is 0 Å². The van der Waals surface area contributed by atoms with E-state index >= 15 is 0 Å². The van der Waals surface area contributed by atoms with E-state index in [2.05, 4.69) is 42.8 Å². The van der Waals surface area contributed by atoms with E-state index in [4.69, 9.17) is 21.1 Å². The Morgan fingerprint density at radius 1 is 1.00 bits per heavy atom. The molecule has 2 atom stereocenters. The van der Waals surface area contributed by atoms with Crippen molar-refractivity contribution in [2.45, 2.75) is 58.0 Å². The molecule has 4 rings (SSSR count). The molecule has 1 unspecified atom stereocenters. The predicted octanol–water partition coefficient (Wildman–Crippen LogP) is 5.75. The van der Waals surface area contributed by atoms with Crippen molar-refractivity contribution < 1.29 is 14.3 Å². The van der Waals surface area contributed by atoms with Gasteiger partial charge in [0.15, 0.2) is 0 Å². The SMILES string of the molecule is COCCN(C)CCCCOc1ccc(C2CCC[C@H]3CN(C(=O)c4ccc(Cl)cc4)CCN23)c(C)c1C. The molecule has 208 valence electrons. The van der Waals surface area contributed by atoms with Crippen LogP contribution in [0.1, 0.15) is 65.2 Å². The second kappa shape index (κ2) is 13.8. The van der Waals surface area contributed by atoms with Gasteiger partial charge in [0.05, 0.1) is 13.2 Å². The largest absolute Gasteiger partial charge is 0.493 e. The Bertz CT molecular complexity index is 1060. The van der Waals surface area contributed by atoms with Crippen LogP contribution < -0.4 is 4.74 Å². The number of methoxy groups -OCH3 is 1. The predicted molar refractivity (Wildman–Crippen MR) is 154 cm³/mol. The Hall–Kier alpha value is -2.12. The number of piperidine rings is 1. The van der Waals surface area contributed by atoms with E-state index in [1.54, 1.807) is 19.2 Å². The third-order valence-electron chi connectivity index (χ3n) is 8.33. The topological polar surface area (TPSA) is 45.3 Å². The number of benzene rings is 2. The number of piperazine rings is 1. The number of likely N-dealkylation sites (N-methyl/N-ethyl adjacent to an activating group) is 1. The third kappa shape index (κ3) is 7.09. The first-order chi connectivity index (χ1) is 18.4. The maximum Gasteiger partial charge on any atom is 0.253 e. The Morgan fingerprint density at radius 2 is 1.79 bits per heavy atom. The second-order valence-electron chi connectivity index (χ2n) is 10.9. The second-order valence-corrected chi connectivity index (χ2v) is 11.3. The molecule has 0 aliphatic carbocycles. The highest BCUT2D eigenvalue weighted by atomic mass is 35.5. The number of carbonyl (C=O) groups excluding carboxylic acids is 1. The summed E-state index contributed by atoms with van der Waals surface area (Å²) >= 11 is 6.02. The molecule has 0 radical (unpaired) electrons. The van der Waals surface area contributed by atoms with Crippen LogP contribution in [0.3, 0.4) is 0 Å². The quantitative estimate of drug-likeness (QED) is 0.339. The Morgan fingerprint density at radius 3 is 2.55 bits per heavy atom. The van der Waals surface area contributed by atoms with Crippen LogP contribution in [0.4, 0.5) is 0 Å². The number of fused-ring (bicyclic) bond motifs is 1. The molecule has 0 saturated carbocycles. The third-order valence-corrected chi connectivity index (χ3v) is 8.58. The fraction of sp³-hybridized carbons (Fsp3) is 0.581. The molecule has 2 aliphatic heterocycles. The maximum absolute atomic E-state index is 13.1. The Labute approximate surface area is 233 Å². The molecule has 0 bridgehead atoms. The van der Waals surface area contributed by atoms with Crippen LogP contribution in [0.15, 0.2) is 36.4 Å². The van der Waals surface area contributed by atoms with E-state index in [1.165, 1.54) is 29.5 Å². The lowest BCUT2D eigenvalue weighted by Crippen LogP contribution is -2.57. The van der Waals surface area contributed by atoms with Crippen molar-refractivity contribution in [3.63, 3.8) is 0 Å². The lowest BCUT2D eigenvalue weighted by molar-refractivity contribution is 0.0101. The van der Waals surface area contributed by atoms with Gasteiger partial charge in [0.1, 0.15) is 5.75 Å². The first kappa shape index (κ1) is 28.9. The molecule has 2 fully saturated rings. The molecule has 2 aromatic carbocycles. The highest BCUT2D eigenvalue weighted by molar-refractivity contribution is 6.30. The van der Waals surface area contributed by atoms with Gasteiger partial charge in [0, 0.05) is 56.0 Å². The molecule has 2 saturated heterocycles. The van der Waals surface area contributed by atoms with Crippen LogP contribution in [0.2, 0.25) is 5.02 Å². The molecule has 6 nitrogen and oxygen atoms in total. The summed E-state index contributed by atoms with van der Waals surface area (Å²) in [5, 5.41) is 0.658. The lowest BCUT2D eigenvalue weighted by atomic mass is 9.86. The zero-order chi connectivity index (χ0) is 27.1. The van der Waals surface area contributed by atoms with Gasteiger partial charge in [-0.2, -0.15) is 0 Å². The summed E-state index contributed by atoms with van der Waals surface area (Å²) in [4.78, 5) is 20.1. The molecule has 0 spiro atoms. The molecule has 38 heavy (non-hydrogen) atoms. The number of unbranched alkanes of at least 4 members (excludes halogenated alkanes) is 1. The normalized spacial score (nSPS) is 20.0. The molecule has 2 aliphatic rings. The van der Waals surface area contributed by atoms with Crippen molar-refractivity contribution in [2.24, 2.45) is 0 Å². The molecule has 0 aromatic heterocycles. The van der Waals surface area contributed by atoms with Gasteiger partial charge in [0.25, 0.3) is 5.91 Å². The number of hydrogen-bond donors (Lipinski definition) is 0. The molecule has 0 N–H and O–H groups in total. The lowest BCUT2D eigenvalue weighted by Gasteiger charge is -2.48. The van der Waals surface area contributed by atoms with E-state index < -0.39 is 0 Å². The summed E-state index contributed by atoms with van der Waals surface area (Å²) in [6.45, 7) is 10.4. The van der Waals surface area contributed by atoms with E-state index in [1.807, 2.05) is 17.0 Å². The number of rotatable bonds is 11. The van der Waals surface area contributed by atoms with Gasteiger partial charge >= 0.3 is 0 Å². The van der Waals surface area contributed by atoms with Crippen molar-refractivity contribution in [1.29, 1.82) is 0 Å². The number of amides is 1. The van der Waals surface area contributed by atoms with Crippen LogP contribution in [-0.2, 0) is 4.74 Å². The number of carbonyl (C=O) groups is 1. The minimum absolute atomic E-state index is 0.110. The van der Waals surface area contributed by atoms with E-state index in [0.29, 0.717) is 17.1 Å². The fourth-order valence-electron chi connectivity index (χ4n) is 5.90. The van der Waals surface area contributed by atoms with Crippen molar-refractivity contribution in [2.75, 3.05) is 60.1 Å². The molecule has 2 heterocycles. The molecule has 2 aromatic rings. The summed E-state index contributed by atoms with van der Waals surface area (Å²) in [6, 6.07) is 12.5. The van der Waals surface area contributed by atoms with Gasteiger partial charge in [-0.3, -0.25) is 9.69 Å². The average Bonchev–Trinajstić information content (AvgIpc) is 2.93. The number of halogens is 1. The average molecular weight is 542 g/mol. The van der Waals surface area contributed by atoms with Gasteiger partial charge in [0.2, 0.25) is 0 Å². The number of nitrogens with zero attached hydrogens (tertiary/aromatic N) is 3. The van der Waals surface area contributed by atoms with Crippen molar-refractivity contribution in [1.82, 2.24) is 14.7 Å². The highest BCUT2D eigenvalue weighted by Gasteiger charge is 2.37. The minimum atomic E-state index is 0.110. The fourth-order valence-corrected chi connectivity index (χ4v) is 6.03. The zero-order valence-electron chi connectivity index (χ0n) is 23.5. The monoisotopic (exact) mass is 541 g/mol. The van der Waals surface area contributed by atoms with Gasteiger partial charge in [-0.25, -0.2) is 0 Å². The van der Waals surface area contributed by atoms with E-state index in [9.17, 15) is 4.79 Å².